The molecular formula is C23H25BrClN3O4S. The Kier molecular flexibility index (Phi) is 7.14. The summed E-state index contributed by atoms with van der Waals surface area (Å²) in [6, 6.07) is 10.3. The van der Waals surface area contributed by atoms with Crippen molar-refractivity contribution in [3.8, 4) is 0 Å². The van der Waals surface area contributed by atoms with Crippen LogP contribution in [-0.4, -0.2) is 44.2 Å². The van der Waals surface area contributed by atoms with Crippen molar-refractivity contribution in [2.24, 2.45) is 5.92 Å². The number of anilines is 2. The fraction of sp³-hybridized carbons (Fsp3) is 0.391. The van der Waals surface area contributed by atoms with Gasteiger partial charge in [0.15, 0.2) is 0 Å². The summed E-state index contributed by atoms with van der Waals surface area (Å²) in [5.41, 5.74) is 1.87. The van der Waals surface area contributed by atoms with Gasteiger partial charge in [0, 0.05) is 41.2 Å². The number of fused-ring (bicyclic) bond motifs is 1. The molecule has 0 saturated carbocycles. The maximum atomic E-state index is 13.7. The molecule has 2 aromatic carbocycles. The zero-order valence-electron chi connectivity index (χ0n) is 18.2. The monoisotopic (exact) mass is 553 g/mol. The van der Waals surface area contributed by atoms with Crippen LogP contribution in [-0.2, 0) is 26.0 Å². The van der Waals surface area contributed by atoms with Gasteiger partial charge >= 0.3 is 0 Å². The number of nitrogens with zero attached hydrogens (tertiary/aromatic N) is 2. The molecule has 7 nitrogen and oxygen atoms in total. The van der Waals surface area contributed by atoms with Crippen LogP contribution in [0.3, 0.4) is 0 Å². The van der Waals surface area contributed by atoms with Gasteiger partial charge in [0.2, 0.25) is 21.8 Å². The minimum atomic E-state index is -3.92. The van der Waals surface area contributed by atoms with Gasteiger partial charge in [-0.2, -0.15) is 4.31 Å². The number of halogens is 2. The second kappa shape index (κ2) is 9.74. The Balaban J connectivity index is 1.60. The lowest BCUT2D eigenvalue weighted by atomic mass is 9.99. The minimum absolute atomic E-state index is 0.0811. The van der Waals surface area contributed by atoms with Crippen molar-refractivity contribution in [2.45, 2.75) is 37.5 Å². The number of hydrogen-bond acceptors (Lipinski definition) is 4. The molecule has 4 rings (SSSR count). The number of carbonyl (C=O) groups excluding carboxylic acids is 2. The molecule has 10 heteroatoms. The van der Waals surface area contributed by atoms with Gasteiger partial charge in [0.25, 0.3) is 0 Å². The number of rotatable bonds is 5. The highest BCUT2D eigenvalue weighted by molar-refractivity contribution is 9.10. The van der Waals surface area contributed by atoms with Crippen LogP contribution in [0.15, 0.2) is 45.8 Å². The van der Waals surface area contributed by atoms with E-state index >= 15 is 0 Å². The summed E-state index contributed by atoms with van der Waals surface area (Å²) in [6.45, 7) is 2.64. The number of sulfonamides is 1. The molecule has 2 amide bonds. The number of hydrogen-bond donors (Lipinski definition) is 1. The van der Waals surface area contributed by atoms with Gasteiger partial charge in [0.1, 0.15) is 4.90 Å². The molecule has 0 aromatic heterocycles. The molecule has 1 saturated heterocycles. The minimum Gasteiger partial charge on any atom is -0.326 e. The van der Waals surface area contributed by atoms with Crippen molar-refractivity contribution < 1.29 is 18.0 Å². The fourth-order valence-corrected chi connectivity index (χ4v) is 7.06. The molecule has 33 heavy (non-hydrogen) atoms. The molecule has 0 spiro atoms. The highest BCUT2D eigenvalue weighted by Crippen LogP contribution is 2.40. The highest BCUT2D eigenvalue weighted by atomic mass is 79.9. The summed E-state index contributed by atoms with van der Waals surface area (Å²) in [6.07, 6.45) is 2.06. The third-order valence-corrected chi connectivity index (χ3v) is 8.63. The first kappa shape index (κ1) is 24.2. The molecular weight excluding hydrogens is 530 g/mol. The van der Waals surface area contributed by atoms with Gasteiger partial charge < -0.3 is 10.2 Å². The number of piperidine rings is 1. The van der Waals surface area contributed by atoms with Crippen molar-refractivity contribution in [1.82, 2.24) is 4.31 Å². The second-order valence-corrected chi connectivity index (χ2v) is 11.5. The average molecular weight is 555 g/mol. The van der Waals surface area contributed by atoms with E-state index in [-0.39, 0.29) is 23.3 Å². The van der Waals surface area contributed by atoms with E-state index < -0.39 is 15.9 Å². The Bertz CT molecular complexity index is 1200. The van der Waals surface area contributed by atoms with Gasteiger partial charge in [-0.25, -0.2) is 8.42 Å². The first-order valence-corrected chi connectivity index (χ1v) is 13.5. The Labute approximate surface area is 207 Å². The molecule has 0 aliphatic carbocycles. The Morgan fingerprint density at radius 1 is 1.21 bits per heavy atom. The van der Waals surface area contributed by atoms with Crippen molar-refractivity contribution >= 4 is 60.7 Å². The van der Waals surface area contributed by atoms with E-state index in [9.17, 15) is 18.0 Å². The standard InChI is InChI=1S/C23H25BrClN3O4S/c1-2-21(29)28-10-8-15-11-17(24)12-20(22(15)28)33(31,32)27-9-4-5-16(14-27)23(30)26-19-7-3-6-18(25)13-19/h3,6-7,11-13,16H,2,4-5,8-10,14H2,1H3,(H,26,30). The summed E-state index contributed by atoms with van der Waals surface area (Å²) in [4.78, 5) is 27.1. The smallest absolute Gasteiger partial charge is 0.245 e. The molecule has 1 unspecified atom stereocenters. The SMILES string of the molecule is CCC(=O)N1CCc2cc(Br)cc(S(=O)(=O)N3CCCC(C(=O)Nc4cccc(Cl)c4)C3)c21. The fourth-order valence-electron chi connectivity index (χ4n) is 4.43. The van der Waals surface area contributed by atoms with E-state index in [1.807, 2.05) is 6.07 Å². The van der Waals surface area contributed by atoms with Crippen molar-refractivity contribution in [1.29, 1.82) is 0 Å². The summed E-state index contributed by atoms with van der Waals surface area (Å²) in [5.74, 6) is -0.828. The first-order valence-electron chi connectivity index (χ1n) is 10.9. The first-order chi connectivity index (χ1) is 15.7. The largest absolute Gasteiger partial charge is 0.326 e. The lowest BCUT2D eigenvalue weighted by Crippen LogP contribution is -2.44. The van der Waals surface area contributed by atoms with E-state index in [2.05, 4.69) is 21.2 Å². The number of benzene rings is 2. The van der Waals surface area contributed by atoms with E-state index in [4.69, 9.17) is 11.6 Å². The van der Waals surface area contributed by atoms with Crippen LogP contribution in [0.1, 0.15) is 31.7 Å². The van der Waals surface area contributed by atoms with E-state index in [0.29, 0.717) is 59.6 Å². The summed E-state index contributed by atoms with van der Waals surface area (Å²) in [5, 5.41) is 3.35. The molecule has 2 aromatic rings. The zero-order valence-corrected chi connectivity index (χ0v) is 21.3. The predicted molar refractivity (Wildman–Crippen MR) is 132 cm³/mol. The third-order valence-electron chi connectivity index (χ3n) is 6.06. The van der Waals surface area contributed by atoms with Crippen LogP contribution in [0, 0.1) is 5.92 Å². The van der Waals surface area contributed by atoms with E-state index in [1.165, 1.54) is 4.31 Å². The normalized spacial score (nSPS) is 18.8. The number of nitrogens with one attached hydrogen (secondary N) is 1. The van der Waals surface area contributed by atoms with E-state index in [0.717, 1.165) is 5.56 Å². The van der Waals surface area contributed by atoms with Crippen molar-refractivity contribution in [2.75, 3.05) is 29.9 Å². The van der Waals surface area contributed by atoms with Crippen LogP contribution in [0.25, 0.3) is 0 Å². The predicted octanol–water partition coefficient (Wildman–Crippen LogP) is 4.44. The molecule has 1 atom stereocenters. The molecule has 0 radical (unpaired) electrons. The van der Waals surface area contributed by atoms with Crippen LogP contribution >= 0.6 is 27.5 Å². The Hall–Kier alpha value is -1.94. The summed E-state index contributed by atoms with van der Waals surface area (Å²) >= 11 is 9.42. The molecule has 2 aliphatic heterocycles. The molecule has 2 heterocycles. The van der Waals surface area contributed by atoms with Crippen LogP contribution in [0.2, 0.25) is 5.02 Å². The summed E-state index contributed by atoms with van der Waals surface area (Å²) < 4.78 is 29.5. The van der Waals surface area contributed by atoms with Crippen LogP contribution in [0.4, 0.5) is 11.4 Å². The maximum absolute atomic E-state index is 13.7. The molecule has 1 fully saturated rings. The van der Waals surface area contributed by atoms with Gasteiger partial charge in [-0.1, -0.05) is 40.5 Å². The Morgan fingerprint density at radius 2 is 2.00 bits per heavy atom. The number of carbonyl (C=O) groups is 2. The third kappa shape index (κ3) is 4.96. The number of amides is 2. The molecule has 176 valence electrons. The summed E-state index contributed by atoms with van der Waals surface area (Å²) in [7, 11) is -3.92. The van der Waals surface area contributed by atoms with E-state index in [1.54, 1.807) is 42.2 Å². The highest BCUT2D eigenvalue weighted by Gasteiger charge is 2.38. The zero-order chi connectivity index (χ0) is 23.8. The second-order valence-electron chi connectivity index (χ2n) is 8.26. The van der Waals surface area contributed by atoms with Gasteiger partial charge in [-0.15, -0.1) is 0 Å². The maximum Gasteiger partial charge on any atom is 0.245 e. The van der Waals surface area contributed by atoms with Gasteiger partial charge in [-0.3, -0.25) is 9.59 Å². The topological polar surface area (TPSA) is 86.8 Å². The molecule has 2 aliphatic rings. The van der Waals surface area contributed by atoms with Crippen LogP contribution < -0.4 is 10.2 Å². The van der Waals surface area contributed by atoms with Crippen molar-refractivity contribution in [3.63, 3.8) is 0 Å². The average Bonchev–Trinajstić information content (AvgIpc) is 3.21. The van der Waals surface area contributed by atoms with Crippen molar-refractivity contribution in [3.05, 3.63) is 51.5 Å². The molecule has 1 N–H and O–H groups in total. The quantitative estimate of drug-likeness (QED) is 0.592. The molecule has 0 bridgehead atoms. The van der Waals surface area contributed by atoms with Gasteiger partial charge in [0.05, 0.1) is 11.6 Å². The lowest BCUT2D eigenvalue weighted by Gasteiger charge is -2.32. The van der Waals surface area contributed by atoms with Crippen LogP contribution in [0.5, 0.6) is 0 Å². The lowest BCUT2D eigenvalue weighted by molar-refractivity contribution is -0.121. The van der Waals surface area contributed by atoms with Gasteiger partial charge in [-0.05, 0) is 55.2 Å². The Morgan fingerprint density at radius 3 is 2.73 bits per heavy atom.